The molecule has 0 spiro atoms. The van der Waals surface area contributed by atoms with Gasteiger partial charge < -0.3 is 20.4 Å². The maximum atomic E-state index is 11.2. The van der Waals surface area contributed by atoms with Crippen molar-refractivity contribution < 1.29 is 9.53 Å². The number of H-pyrrole nitrogens is 1. The van der Waals surface area contributed by atoms with Crippen LogP contribution in [-0.2, 0) is 0 Å². The first-order valence-corrected chi connectivity index (χ1v) is 5.47. The van der Waals surface area contributed by atoms with Crippen molar-refractivity contribution in [2.24, 2.45) is 0 Å². The molecule has 1 atom stereocenters. The second-order valence-corrected chi connectivity index (χ2v) is 4.06. The quantitative estimate of drug-likeness (QED) is 0.733. The molecule has 3 N–H and O–H groups in total. The second-order valence-electron chi connectivity index (χ2n) is 4.06. The molecule has 5 heteroatoms. The van der Waals surface area contributed by atoms with Crippen LogP contribution in [0, 0.1) is 0 Å². The van der Waals surface area contributed by atoms with Gasteiger partial charge in [0.05, 0.1) is 13.2 Å². The van der Waals surface area contributed by atoms with E-state index in [4.69, 9.17) is 4.74 Å². The molecule has 1 aromatic heterocycles. The monoisotopic (exact) mass is 231 g/mol. The molecule has 1 saturated heterocycles. The Morgan fingerprint density at radius 1 is 1.41 bits per heavy atom. The van der Waals surface area contributed by atoms with E-state index in [2.05, 4.69) is 15.6 Å². The third-order valence-electron chi connectivity index (χ3n) is 3.07. The lowest BCUT2D eigenvalue weighted by Crippen LogP contribution is -2.21. The first-order valence-electron chi connectivity index (χ1n) is 5.47. The number of methoxy groups -OCH3 is 1. The summed E-state index contributed by atoms with van der Waals surface area (Å²) in [6.07, 6.45) is 1.93. The smallest absolute Gasteiger partial charge is 0.315 e. The van der Waals surface area contributed by atoms with Crippen molar-refractivity contribution in [3.63, 3.8) is 0 Å². The van der Waals surface area contributed by atoms with E-state index < -0.39 is 0 Å². The molecule has 5 nitrogen and oxygen atoms in total. The zero-order valence-corrected chi connectivity index (χ0v) is 9.41. The van der Waals surface area contributed by atoms with Crippen LogP contribution in [0.1, 0.15) is 11.6 Å². The van der Waals surface area contributed by atoms with Gasteiger partial charge in [-0.2, -0.15) is 0 Å². The summed E-state index contributed by atoms with van der Waals surface area (Å²) in [4.78, 5) is 14.3. The van der Waals surface area contributed by atoms with Crippen molar-refractivity contribution in [1.29, 1.82) is 0 Å². The topological polar surface area (TPSA) is 66.1 Å². The molecule has 0 bridgehead atoms. The number of urea groups is 1. The fourth-order valence-electron chi connectivity index (χ4n) is 2.18. The molecule has 2 aromatic rings. The van der Waals surface area contributed by atoms with E-state index in [-0.39, 0.29) is 12.1 Å². The van der Waals surface area contributed by atoms with Crippen LogP contribution in [0.25, 0.3) is 10.9 Å². The summed E-state index contributed by atoms with van der Waals surface area (Å²) in [7, 11) is 1.65. The van der Waals surface area contributed by atoms with Crippen LogP contribution in [0.15, 0.2) is 24.4 Å². The average Bonchev–Trinajstić information content (AvgIpc) is 2.93. The summed E-state index contributed by atoms with van der Waals surface area (Å²) >= 11 is 0. The molecular weight excluding hydrogens is 218 g/mol. The molecule has 0 unspecified atom stereocenters. The number of amides is 2. The summed E-state index contributed by atoms with van der Waals surface area (Å²) in [6, 6.07) is 5.76. The highest BCUT2D eigenvalue weighted by Gasteiger charge is 2.23. The molecule has 0 radical (unpaired) electrons. The maximum absolute atomic E-state index is 11.2. The highest BCUT2D eigenvalue weighted by molar-refractivity contribution is 5.86. The van der Waals surface area contributed by atoms with Gasteiger partial charge in [-0.1, -0.05) is 0 Å². The van der Waals surface area contributed by atoms with Crippen LogP contribution in [-0.4, -0.2) is 24.7 Å². The molecule has 2 amide bonds. The van der Waals surface area contributed by atoms with Gasteiger partial charge in [-0.05, 0) is 18.2 Å². The molecule has 1 aromatic carbocycles. The van der Waals surface area contributed by atoms with Crippen molar-refractivity contribution in [2.75, 3.05) is 13.7 Å². The van der Waals surface area contributed by atoms with E-state index in [0.717, 1.165) is 22.2 Å². The summed E-state index contributed by atoms with van der Waals surface area (Å²) in [6.45, 7) is 0.614. The number of rotatable bonds is 2. The normalized spacial score (nSPS) is 19.1. The summed E-state index contributed by atoms with van der Waals surface area (Å²) in [5, 5.41) is 6.71. The minimum absolute atomic E-state index is 0.0170. The third kappa shape index (κ3) is 1.60. The van der Waals surface area contributed by atoms with Crippen molar-refractivity contribution in [3.05, 3.63) is 30.0 Å². The van der Waals surface area contributed by atoms with Crippen molar-refractivity contribution >= 4 is 16.9 Å². The number of hydrogen-bond acceptors (Lipinski definition) is 2. The standard InChI is InChI=1S/C12H13N3O2/c1-17-7-2-3-10-8(4-7)9(5-13-10)11-6-14-12(16)15-11/h2-5,11,13H,6H2,1H3,(H2,14,15,16)/t11-/m0/s1. The molecule has 1 aliphatic heterocycles. The maximum Gasteiger partial charge on any atom is 0.315 e. The predicted octanol–water partition coefficient (Wildman–Crippen LogP) is 1.53. The van der Waals surface area contributed by atoms with Crippen LogP contribution in [0.2, 0.25) is 0 Å². The molecule has 0 saturated carbocycles. The highest BCUT2D eigenvalue weighted by Crippen LogP contribution is 2.28. The van der Waals surface area contributed by atoms with Crippen LogP contribution < -0.4 is 15.4 Å². The SMILES string of the molecule is COc1ccc2[nH]cc([C@@H]3CNC(=O)N3)c2c1. The lowest BCUT2D eigenvalue weighted by molar-refractivity contribution is 0.247. The van der Waals surface area contributed by atoms with Gasteiger partial charge in [0, 0.05) is 29.2 Å². The molecule has 3 rings (SSSR count). The summed E-state index contributed by atoms with van der Waals surface area (Å²) < 4.78 is 5.21. The number of benzene rings is 1. The molecule has 2 heterocycles. The Morgan fingerprint density at radius 2 is 2.29 bits per heavy atom. The van der Waals surface area contributed by atoms with Crippen LogP contribution in [0.4, 0.5) is 4.79 Å². The first kappa shape index (κ1) is 10.0. The number of hydrogen-bond donors (Lipinski definition) is 3. The number of nitrogens with one attached hydrogen (secondary N) is 3. The largest absolute Gasteiger partial charge is 0.497 e. The van der Waals surface area contributed by atoms with Crippen molar-refractivity contribution in [2.45, 2.75) is 6.04 Å². The Bertz CT molecular complexity index is 576. The molecule has 1 fully saturated rings. The molecular formula is C12H13N3O2. The van der Waals surface area contributed by atoms with Crippen LogP contribution in [0.3, 0.4) is 0 Å². The number of carbonyl (C=O) groups excluding carboxylic acids is 1. The molecule has 1 aliphatic rings. The average molecular weight is 231 g/mol. The van der Waals surface area contributed by atoms with E-state index in [1.54, 1.807) is 7.11 Å². The zero-order valence-electron chi connectivity index (χ0n) is 9.41. The van der Waals surface area contributed by atoms with Crippen molar-refractivity contribution in [1.82, 2.24) is 15.6 Å². The number of fused-ring (bicyclic) bond motifs is 1. The summed E-state index contributed by atoms with van der Waals surface area (Å²) in [5.74, 6) is 0.815. The second kappa shape index (κ2) is 3.69. The Balaban J connectivity index is 2.07. The Morgan fingerprint density at radius 3 is 3.00 bits per heavy atom. The van der Waals surface area contributed by atoms with Gasteiger partial charge in [0.15, 0.2) is 0 Å². The third-order valence-corrected chi connectivity index (χ3v) is 3.07. The van der Waals surface area contributed by atoms with Crippen molar-refractivity contribution in [3.8, 4) is 5.75 Å². The number of ether oxygens (including phenoxy) is 1. The van der Waals surface area contributed by atoms with Gasteiger partial charge in [-0.3, -0.25) is 0 Å². The molecule has 0 aliphatic carbocycles. The lowest BCUT2D eigenvalue weighted by Gasteiger charge is -2.07. The minimum Gasteiger partial charge on any atom is -0.497 e. The fourth-order valence-corrected chi connectivity index (χ4v) is 2.18. The van der Waals surface area contributed by atoms with Crippen LogP contribution in [0.5, 0.6) is 5.75 Å². The number of aromatic nitrogens is 1. The fraction of sp³-hybridized carbons (Fsp3) is 0.250. The molecule has 17 heavy (non-hydrogen) atoms. The summed E-state index contributed by atoms with van der Waals surface area (Å²) in [5.41, 5.74) is 2.12. The number of aromatic amines is 1. The Kier molecular flexibility index (Phi) is 2.18. The Labute approximate surface area is 98.2 Å². The zero-order chi connectivity index (χ0) is 11.8. The van der Waals surface area contributed by atoms with E-state index >= 15 is 0 Å². The van der Waals surface area contributed by atoms with E-state index in [9.17, 15) is 4.79 Å². The van der Waals surface area contributed by atoms with Gasteiger partial charge in [0.1, 0.15) is 5.75 Å². The first-order chi connectivity index (χ1) is 8.28. The predicted molar refractivity (Wildman–Crippen MR) is 64.1 cm³/mol. The Hall–Kier alpha value is -2.17. The van der Waals surface area contributed by atoms with Gasteiger partial charge >= 0.3 is 6.03 Å². The van der Waals surface area contributed by atoms with E-state index in [0.29, 0.717) is 6.54 Å². The van der Waals surface area contributed by atoms with E-state index in [1.807, 2.05) is 24.4 Å². The van der Waals surface area contributed by atoms with Gasteiger partial charge in [0.2, 0.25) is 0 Å². The van der Waals surface area contributed by atoms with Gasteiger partial charge in [-0.25, -0.2) is 4.79 Å². The highest BCUT2D eigenvalue weighted by atomic mass is 16.5. The molecule has 88 valence electrons. The number of carbonyl (C=O) groups is 1. The van der Waals surface area contributed by atoms with Gasteiger partial charge in [-0.15, -0.1) is 0 Å². The minimum atomic E-state index is -0.118. The van der Waals surface area contributed by atoms with E-state index in [1.165, 1.54) is 0 Å². The lowest BCUT2D eigenvalue weighted by atomic mass is 10.1. The van der Waals surface area contributed by atoms with Gasteiger partial charge in [0.25, 0.3) is 0 Å². The van der Waals surface area contributed by atoms with Crippen LogP contribution >= 0.6 is 0 Å².